The zero-order chi connectivity index (χ0) is 14.8. The summed E-state index contributed by atoms with van der Waals surface area (Å²) in [5.74, 6) is 0.262. The molecule has 3 atom stereocenters. The summed E-state index contributed by atoms with van der Waals surface area (Å²) in [6.45, 7) is 7.88. The van der Waals surface area contributed by atoms with Crippen molar-refractivity contribution in [2.45, 2.75) is 58.8 Å². The first-order valence-electron chi connectivity index (χ1n) is 6.93. The number of carbonyl (C=O) groups excluding carboxylic acids is 1. The highest BCUT2D eigenvalue weighted by atomic mass is 32.2. The zero-order valence-corrected chi connectivity index (χ0v) is 13.3. The molecule has 6 heteroatoms. The number of hydrogen-bond acceptors (Lipinski definition) is 4. The van der Waals surface area contributed by atoms with E-state index >= 15 is 0 Å². The first-order chi connectivity index (χ1) is 8.67. The minimum absolute atomic E-state index is 0.0193. The van der Waals surface area contributed by atoms with Crippen LogP contribution in [0.1, 0.15) is 40.5 Å². The molecule has 1 rings (SSSR count). The molecule has 0 bridgehead atoms. The summed E-state index contributed by atoms with van der Waals surface area (Å²) in [5.41, 5.74) is 0. The molecule has 1 N–H and O–H groups in total. The van der Waals surface area contributed by atoms with Crippen molar-refractivity contribution in [1.82, 2.24) is 10.2 Å². The Kier molecular flexibility index (Phi) is 5.38. The lowest BCUT2D eigenvalue weighted by Gasteiger charge is -2.29. The standard InChI is InChI=1S/C13H26N2O3S/c1-6-7-11-14-12(9(2)3)13(16)15(11)10(4)8-19(5,17)18/h9-12,14H,6-8H2,1-5H3. The fourth-order valence-electron chi connectivity index (χ4n) is 2.69. The molecule has 1 aliphatic heterocycles. The third-order valence-electron chi connectivity index (χ3n) is 3.48. The summed E-state index contributed by atoms with van der Waals surface area (Å²) in [4.78, 5) is 14.2. The van der Waals surface area contributed by atoms with Crippen molar-refractivity contribution in [3.05, 3.63) is 0 Å². The summed E-state index contributed by atoms with van der Waals surface area (Å²) in [6.07, 6.45) is 2.98. The van der Waals surface area contributed by atoms with Gasteiger partial charge in [-0.25, -0.2) is 8.42 Å². The molecule has 1 aliphatic rings. The van der Waals surface area contributed by atoms with Crippen LogP contribution in [0, 0.1) is 5.92 Å². The number of sulfone groups is 1. The second-order valence-electron chi connectivity index (χ2n) is 5.88. The summed E-state index contributed by atoms with van der Waals surface area (Å²) in [5, 5.41) is 3.34. The number of carbonyl (C=O) groups is 1. The zero-order valence-electron chi connectivity index (χ0n) is 12.5. The van der Waals surface area contributed by atoms with Crippen molar-refractivity contribution in [3.8, 4) is 0 Å². The molecule has 1 saturated heterocycles. The maximum Gasteiger partial charge on any atom is 0.241 e. The predicted molar refractivity (Wildman–Crippen MR) is 76.5 cm³/mol. The van der Waals surface area contributed by atoms with E-state index in [0.29, 0.717) is 0 Å². The van der Waals surface area contributed by atoms with E-state index in [1.165, 1.54) is 6.26 Å². The van der Waals surface area contributed by atoms with E-state index in [4.69, 9.17) is 0 Å². The molecule has 5 nitrogen and oxygen atoms in total. The van der Waals surface area contributed by atoms with Crippen molar-refractivity contribution in [2.24, 2.45) is 5.92 Å². The van der Waals surface area contributed by atoms with Crippen LogP contribution >= 0.6 is 0 Å². The van der Waals surface area contributed by atoms with Crippen LogP contribution in [0.4, 0.5) is 0 Å². The Hall–Kier alpha value is -0.620. The van der Waals surface area contributed by atoms with Crippen LogP contribution in [-0.2, 0) is 14.6 Å². The van der Waals surface area contributed by atoms with E-state index in [9.17, 15) is 13.2 Å². The van der Waals surface area contributed by atoms with Gasteiger partial charge in [0, 0.05) is 12.3 Å². The van der Waals surface area contributed by atoms with Gasteiger partial charge in [-0.2, -0.15) is 0 Å². The van der Waals surface area contributed by atoms with Gasteiger partial charge in [0.1, 0.15) is 9.84 Å². The van der Waals surface area contributed by atoms with E-state index in [2.05, 4.69) is 12.2 Å². The van der Waals surface area contributed by atoms with Crippen LogP contribution in [0.2, 0.25) is 0 Å². The molecule has 3 unspecified atom stereocenters. The summed E-state index contributed by atoms with van der Waals surface area (Å²) in [7, 11) is -3.08. The number of nitrogens with one attached hydrogen (secondary N) is 1. The molecule has 112 valence electrons. The lowest BCUT2D eigenvalue weighted by atomic mass is 10.0. The summed E-state index contributed by atoms with van der Waals surface area (Å²) in [6, 6.07) is -0.478. The number of rotatable bonds is 6. The maximum atomic E-state index is 12.4. The van der Waals surface area contributed by atoms with Gasteiger partial charge in [-0.05, 0) is 19.3 Å². The largest absolute Gasteiger partial charge is 0.322 e. The Bertz CT molecular complexity index is 420. The Morgan fingerprint density at radius 2 is 1.89 bits per heavy atom. The van der Waals surface area contributed by atoms with Crippen molar-refractivity contribution in [2.75, 3.05) is 12.0 Å². The number of nitrogens with zero attached hydrogens (tertiary/aromatic N) is 1. The summed E-state index contributed by atoms with van der Waals surface area (Å²) < 4.78 is 22.9. The van der Waals surface area contributed by atoms with Gasteiger partial charge in [0.2, 0.25) is 5.91 Å². The number of amides is 1. The van der Waals surface area contributed by atoms with E-state index in [1.807, 2.05) is 20.8 Å². The minimum Gasteiger partial charge on any atom is -0.322 e. The molecule has 1 fully saturated rings. The molecule has 0 aliphatic carbocycles. The Morgan fingerprint density at radius 1 is 1.32 bits per heavy atom. The van der Waals surface area contributed by atoms with Crippen molar-refractivity contribution in [3.63, 3.8) is 0 Å². The Balaban J connectivity index is 2.90. The highest BCUT2D eigenvalue weighted by Crippen LogP contribution is 2.22. The fourth-order valence-corrected chi connectivity index (χ4v) is 3.73. The average Bonchev–Trinajstić information content (AvgIpc) is 2.53. The van der Waals surface area contributed by atoms with Crippen LogP contribution in [0.5, 0.6) is 0 Å². The van der Waals surface area contributed by atoms with E-state index < -0.39 is 9.84 Å². The van der Waals surface area contributed by atoms with Crippen molar-refractivity contribution in [1.29, 1.82) is 0 Å². The van der Waals surface area contributed by atoms with Gasteiger partial charge in [-0.3, -0.25) is 10.1 Å². The lowest BCUT2D eigenvalue weighted by molar-refractivity contribution is -0.132. The van der Waals surface area contributed by atoms with E-state index in [1.54, 1.807) is 4.90 Å². The molecular formula is C13H26N2O3S. The molecule has 0 aromatic rings. The van der Waals surface area contributed by atoms with Crippen LogP contribution in [0.15, 0.2) is 0 Å². The molecule has 0 radical (unpaired) electrons. The molecule has 0 aromatic heterocycles. The molecule has 1 heterocycles. The molecule has 1 amide bonds. The van der Waals surface area contributed by atoms with Gasteiger partial charge in [0.15, 0.2) is 0 Å². The highest BCUT2D eigenvalue weighted by Gasteiger charge is 2.42. The highest BCUT2D eigenvalue weighted by molar-refractivity contribution is 7.90. The summed E-state index contributed by atoms with van der Waals surface area (Å²) >= 11 is 0. The smallest absolute Gasteiger partial charge is 0.241 e. The number of hydrogen-bond donors (Lipinski definition) is 1. The van der Waals surface area contributed by atoms with Gasteiger partial charge in [0.05, 0.1) is 18.0 Å². The molecular weight excluding hydrogens is 264 g/mol. The second kappa shape index (κ2) is 6.22. The van der Waals surface area contributed by atoms with Gasteiger partial charge >= 0.3 is 0 Å². The van der Waals surface area contributed by atoms with Crippen LogP contribution < -0.4 is 5.32 Å². The molecule has 0 spiro atoms. The Labute approximate surface area is 116 Å². The normalized spacial score (nSPS) is 26.2. The SMILES string of the molecule is CCCC1NC(C(C)C)C(=O)N1C(C)CS(C)(=O)=O. The van der Waals surface area contributed by atoms with E-state index in [0.717, 1.165) is 12.8 Å². The molecule has 0 aromatic carbocycles. The minimum atomic E-state index is -3.08. The topological polar surface area (TPSA) is 66.5 Å². The first kappa shape index (κ1) is 16.4. The molecule has 0 saturated carbocycles. The van der Waals surface area contributed by atoms with Crippen LogP contribution in [0.3, 0.4) is 0 Å². The van der Waals surface area contributed by atoms with Gasteiger partial charge in [0.25, 0.3) is 0 Å². The first-order valence-corrected chi connectivity index (χ1v) is 8.99. The van der Waals surface area contributed by atoms with Crippen LogP contribution in [0.25, 0.3) is 0 Å². The van der Waals surface area contributed by atoms with Crippen LogP contribution in [-0.4, -0.2) is 49.5 Å². The fraction of sp³-hybridized carbons (Fsp3) is 0.923. The Morgan fingerprint density at radius 3 is 2.32 bits per heavy atom. The third-order valence-corrected chi connectivity index (χ3v) is 4.56. The third kappa shape index (κ3) is 4.18. The average molecular weight is 290 g/mol. The van der Waals surface area contributed by atoms with Crippen molar-refractivity contribution >= 4 is 15.7 Å². The van der Waals surface area contributed by atoms with E-state index in [-0.39, 0.29) is 35.8 Å². The maximum absolute atomic E-state index is 12.4. The monoisotopic (exact) mass is 290 g/mol. The predicted octanol–water partition coefficient (Wildman–Crippen LogP) is 1.00. The van der Waals surface area contributed by atoms with Gasteiger partial charge in [-0.15, -0.1) is 0 Å². The second-order valence-corrected chi connectivity index (χ2v) is 8.06. The quantitative estimate of drug-likeness (QED) is 0.792. The van der Waals surface area contributed by atoms with Crippen molar-refractivity contribution < 1.29 is 13.2 Å². The van der Waals surface area contributed by atoms with Gasteiger partial charge < -0.3 is 4.90 Å². The lowest BCUT2D eigenvalue weighted by Crippen LogP contribution is -2.46. The molecule has 19 heavy (non-hydrogen) atoms. The van der Waals surface area contributed by atoms with Gasteiger partial charge in [-0.1, -0.05) is 27.2 Å².